The maximum Gasteiger partial charge on any atom is 0.144 e. The van der Waals surface area contributed by atoms with E-state index in [1.807, 2.05) is 5.54 Å². The number of allylic oxidation sites excluding steroid dienone is 1. The molecule has 2 heteroatoms. The zero-order chi connectivity index (χ0) is 4.12. The van der Waals surface area contributed by atoms with Crippen LogP contribution in [-0.4, -0.2) is 6.29 Å². The minimum Gasteiger partial charge on any atom is -0.299 e. The Morgan fingerprint density at radius 1 is 1.80 bits per heavy atom. The third kappa shape index (κ3) is 3.70. The minimum atomic E-state index is 0.562. The van der Waals surface area contributed by atoms with E-state index in [0.717, 1.165) is 6.08 Å². The Morgan fingerprint density at radius 3 is 2.40 bits per heavy atom. The Kier molecular flexibility index (Phi) is 3.48. The highest BCUT2D eigenvalue weighted by Gasteiger charge is 1.52. The van der Waals surface area contributed by atoms with Crippen molar-refractivity contribution in [1.29, 1.82) is 0 Å². The molecule has 0 saturated carbocycles. The van der Waals surface area contributed by atoms with E-state index in [-0.39, 0.29) is 0 Å². The largest absolute Gasteiger partial charge is 0.299 e. The molecule has 1 radical (unpaired) electrons. The van der Waals surface area contributed by atoms with Gasteiger partial charge < -0.3 is 0 Å². The van der Waals surface area contributed by atoms with Crippen LogP contribution in [0, 0.1) is 5.54 Å². The molecule has 0 aromatic rings. The monoisotopic (exact) mass is 89.0 g/mol. The third-order valence-electron chi connectivity index (χ3n) is 0.131. The Hall–Kier alpha value is -0.300. The zero-order valence-electron chi connectivity index (χ0n) is 2.44. The molecule has 0 aliphatic carbocycles. The smallest absolute Gasteiger partial charge is 0.144 e. The number of hydrogen-bond acceptors (Lipinski definition) is 1. The van der Waals surface area contributed by atoms with Crippen LogP contribution in [0.4, 0.5) is 0 Å². The molecule has 0 bridgehead atoms. The fourth-order valence-electron chi connectivity index (χ4n) is 0.0257. The lowest BCUT2D eigenvalue weighted by Gasteiger charge is -1.47. The Labute approximate surface area is 35.2 Å². The van der Waals surface area contributed by atoms with Crippen molar-refractivity contribution in [3.8, 4) is 0 Å². The molecule has 0 spiro atoms. The molecule has 0 aliphatic heterocycles. The van der Waals surface area contributed by atoms with Gasteiger partial charge in [0.1, 0.15) is 6.29 Å². The molecule has 0 atom stereocenters. The average Bonchev–Trinajstić information content (AvgIpc) is 1.41. The van der Waals surface area contributed by atoms with Crippen molar-refractivity contribution in [2.75, 3.05) is 0 Å². The quantitative estimate of drug-likeness (QED) is 0.342. The van der Waals surface area contributed by atoms with Gasteiger partial charge in [-0.3, -0.25) is 4.79 Å². The predicted molar refractivity (Wildman–Crippen MR) is 19.7 cm³/mol. The summed E-state index contributed by atoms with van der Waals surface area (Å²) in [6, 6.07) is 0. The van der Waals surface area contributed by atoms with Gasteiger partial charge >= 0.3 is 0 Å². The SMILES string of the molecule is O=C/C=[C]\Cl. The van der Waals surface area contributed by atoms with E-state index in [2.05, 4.69) is 0 Å². The number of carbonyl (C=O) groups is 1. The van der Waals surface area contributed by atoms with E-state index in [1.165, 1.54) is 0 Å². The summed E-state index contributed by atoms with van der Waals surface area (Å²) in [5, 5.41) is 0. The summed E-state index contributed by atoms with van der Waals surface area (Å²) in [7, 11) is 0. The van der Waals surface area contributed by atoms with Crippen molar-refractivity contribution >= 4 is 17.9 Å². The summed E-state index contributed by atoms with van der Waals surface area (Å²) >= 11 is 4.76. The van der Waals surface area contributed by atoms with Crippen LogP contribution >= 0.6 is 11.6 Å². The molecule has 0 aromatic carbocycles. The number of halogens is 1. The van der Waals surface area contributed by atoms with Crippen molar-refractivity contribution in [3.05, 3.63) is 11.6 Å². The van der Waals surface area contributed by atoms with Gasteiger partial charge in [-0.15, -0.1) is 0 Å². The Balaban J connectivity index is 2.92. The maximum atomic E-state index is 9.20. The molecule has 5 heavy (non-hydrogen) atoms. The van der Waals surface area contributed by atoms with Gasteiger partial charge in [0.2, 0.25) is 0 Å². The summed E-state index contributed by atoms with van der Waals surface area (Å²) < 4.78 is 0. The first-order valence-electron chi connectivity index (χ1n) is 1.05. The van der Waals surface area contributed by atoms with Crippen LogP contribution in [0.15, 0.2) is 6.08 Å². The molecule has 0 fully saturated rings. The first-order chi connectivity index (χ1) is 2.41. The lowest BCUT2D eigenvalue weighted by Crippen LogP contribution is -1.49. The molecule has 0 N–H and O–H groups in total. The van der Waals surface area contributed by atoms with Gasteiger partial charge in [-0.2, -0.15) is 0 Å². The van der Waals surface area contributed by atoms with Gasteiger partial charge in [0.05, 0.1) is 5.54 Å². The van der Waals surface area contributed by atoms with E-state index in [1.54, 1.807) is 0 Å². The van der Waals surface area contributed by atoms with Crippen molar-refractivity contribution in [3.63, 3.8) is 0 Å². The number of aldehydes is 1. The highest BCUT2D eigenvalue weighted by Crippen LogP contribution is 1.66. The normalized spacial score (nSPS) is 9.00. The van der Waals surface area contributed by atoms with Crippen LogP contribution in [-0.2, 0) is 4.79 Å². The summed E-state index contributed by atoms with van der Waals surface area (Å²) in [5.74, 6) is 0. The molecule has 0 aromatic heterocycles. The van der Waals surface area contributed by atoms with Crippen LogP contribution in [0.5, 0.6) is 0 Å². The van der Waals surface area contributed by atoms with Crippen LogP contribution in [0.25, 0.3) is 0 Å². The molecule has 0 amide bonds. The van der Waals surface area contributed by atoms with E-state index in [0.29, 0.717) is 6.29 Å². The lowest BCUT2D eigenvalue weighted by atomic mass is 10.7. The van der Waals surface area contributed by atoms with Crippen LogP contribution < -0.4 is 0 Å². The Morgan fingerprint density at radius 2 is 2.40 bits per heavy atom. The number of rotatable bonds is 1. The van der Waals surface area contributed by atoms with Gasteiger partial charge in [-0.1, -0.05) is 11.6 Å². The van der Waals surface area contributed by atoms with Crippen molar-refractivity contribution < 1.29 is 4.79 Å². The van der Waals surface area contributed by atoms with E-state index in [4.69, 9.17) is 11.6 Å². The fourth-order valence-corrected chi connectivity index (χ4v) is 0.0772. The highest BCUT2D eigenvalue weighted by atomic mass is 35.5. The first kappa shape index (κ1) is 4.70. The fraction of sp³-hybridized carbons (Fsp3) is 0. The molecule has 1 nitrogen and oxygen atoms in total. The summed E-state index contributed by atoms with van der Waals surface area (Å²) in [4.78, 5) is 9.20. The van der Waals surface area contributed by atoms with Crippen molar-refractivity contribution in [2.24, 2.45) is 0 Å². The molecule has 0 saturated heterocycles. The second kappa shape index (κ2) is 3.70. The lowest BCUT2D eigenvalue weighted by molar-refractivity contribution is -0.104. The second-order valence-electron chi connectivity index (χ2n) is 0.412. The highest BCUT2D eigenvalue weighted by molar-refractivity contribution is 6.22. The topological polar surface area (TPSA) is 17.1 Å². The van der Waals surface area contributed by atoms with Gasteiger partial charge in [-0.25, -0.2) is 0 Å². The predicted octanol–water partition coefficient (Wildman–Crippen LogP) is 0.741. The van der Waals surface area contributed by atoms with Crippen LogP contribution in [0.1, 0.15) is 0 Å². The minimum absolute atomic E-state index is 0.562. The van der Waals surface area contributed by atoms with Gasteiger partial charge in [0, 0.05) is 0 Å². The average molecular weight is 89.5 g/mol. The molecule has 0 aliphatic rings. The molecular formula is C3H2ClO. The first-order valence-corrected chi connectivity index (χ1v) is 1.42. The standard InChI is InChI=1S/C3H2ClO/c4-2-1-3-5/h1,3H. The third-order valence-corrected chi connectivity index (χ3v) is 0.257. The van der Waals surface area contributed by atoms with Crippen molar-refractivity contribution in [1.82, 2.24) is 0 Å². The van der Waals surface area contributed by atoms with Crippen LogP contribution in [0.3, 0.4) is 0 Å². The van der Waals surface area contributed by atoms with E-state index in [9.17, 15) is 4.79 Å². The second-order valence-corrected chi connectivity index (χ2v) is 0.630. The summed E-state index contributed by atoms with van der Waals surface area (Å²) in [6.45, 7) is 0. The van der Waals surface area contributed by atoms with Crippen molar-refractivity contribution in [2.45, 2.75) is 0 Å². The molecule has 27 valence electrons. The molecule has 0 heterocycles. The molecule has 0 rings (SSSR count). The number of carbonyl (C=O) groups excluding carboxylic acids is 1. The van der Waals surface area contributed by atoms with Gasteiger partial charge in [0.15, 0.2) is 0 Å². The van der Waals surface area contributed by atoms with E-state index >= 15 is 0 Å². The Bertz CT molecular complexity index is 48.9. The number of hydrogen-bond donors (Lipinski definition) is 0. The summed E-state index contributed by atoms with van der Waals surface area (Å²) in [5.41, 5.74) is 2.00. The van der Waals surface area contributed by atoms with E-state index < -0.39 is 0 Å². The van der Waals surface area contributed by atoms with Gasteiger partial charge in [-0.05, 0) is 6.08 Å². The molecular weight excluding hydrogens is 87.5 g/mol. The zero-order valence-corrected chi connectivity index (χ0v) is 3.20. The summed E-state index contributed by atoms with van der Waals surface area (Å²) in [6.07, 6.45) is 1.65. The van der Waals surface area contributed by atoms with Gasteiger partial charge in [0.25, 0.3) is 0 Å². The van der Waals surface area contributed by atoms with Crippen LogP contribution in [0.2, 0.25) is 0 Å². The maximum absolute atomic E-state index is 9.20. The molecule has 0 unspecified atom stereocenters.